The number of carbonyl (C=O) groups is 1. The summed E-state index contributed by atoms with van der Waals surface area (Å²) in [7, 11) is 0. The van der Waals surface area contributed by atoms with Gasteiger partial charge in [0.1, 0.15) is 0 Å². The number of carbonyl (C=O) groups excluding carboxylic acids is 1. The van der Waals surface area contributed by atoms with Crippen molar-refractivity contribution in [3.63, 3.8) is 0 Å². The van der Waals surface area contributed by atoms with Crippen LogP contribution in [0.15, 0.2) is 0 Å². The fourth-order valence-electron chi connectivity index (χ4n) is 1.50. The molecule has 0 saturated heterocycles. The van der Waals surface area contributed by atoms with Crippen molar-refractivity contribution in [1.29, 1.82) is 0 Å². The molecule has 1 amide bonds. The van der Waals surface area contributed by atoms with E-state index in [0.29, 0.717) is 17.3 Å². The molecule has 0 aromatic carbocycles. The standard InChI is InChI=1S/C12H25N3OS/c1-5-15(7-6-11(13)17)10(4)12(16)14-8-9(2)3/h9-10H,5-8H2,1-4H3,(H2,13,17)(H,14,16). The molecule has 0 aromatic rings. The highest BCUT2D eigenvalue weighted by Gasteiger charge is 2.19. The monoisotopic (exact) mass is 259 g/mol. The van der Waals surface area contributed by atoms with E-state index in [0.717, 1.165) is 19.6 Å². The molecule has 0 aliphatic carbocycles. The Morgan fingerprint density at radius 2 is 2.00 bits per heavy atom. The summed E-state index contributed by atoms with van der Waals surface area (Å²) in [6, 6.07) is -0.131. The van der Waals surface area contributed by atoms with Gasteiger partial charge in [0.05, 0.1) is 11.0 Å². The van der Waals surface area contributed by atoms with Gasteiger partial charge in [-0.15, -0.1) is 0 Å². The summed E-state index contributed by atoms with van der Waals surface area (Å²) in [5, 5.41) is 2.94. The number of rotatable bonds is 8. The SMILES string of the molecule is CCN(CCC(N)=S)C(C)C(=O)NCC(C)C. The second-order valence-electron chi connectivity index (χ2n) is 4.66. The second-order valence-corrected chi connectivity index (χ2v) is 5.18. The number of amides is 1. The van der Waals surface area contributed by atoms with Crippen molar-refractivity contribution in [2.24, 2.45) is 11.7 Å². The van der Waals surface area contributed by atoms with E-state index in [4.69, 9.17) is 18.0 Å². The van der Waals surface area contributed by atoms with Crippen LogP contribution in [0.3, 0.4) is 0 Å². The average molecular weight is 259 g/mol. The molecule has 100 valence electrons. The van der Waals surface area contributed by atoms with Crippen molar-refractivity contribution >= 4 is 23.1 Å². The Labute approximate surface area is 110 Å². The van der Waals surface area contributed by atoms with Gasteiger partial charge < -0.3 is 11.1 Å². The molecule has 1 unspecified atom stereocenters. The van der Waals surface area contributed by atoms with E-state index >= 15 is 0 Å². The lowest BCUT2D eigenvalue weighted by atomic mass is 10.2. The Balaban J connectivity index is 4.17. The first kappa shape index (κ1) is 16.3. The lowest BCUT2D eigenvalue weighted by Gasteiger charge is -2.27. The van der Waals surface area contributed by atoms with Gasteiger partial charge in [-0.2, -0.15) is 0 Å². The summed E-state index contributed by atoms with van der Waals surface area (Å²) in [6.07, 6.45) is 0.658. The summed E-state index contributed by atoms with van der Waals surface area (Å²) >= 11 is 4.85. The van der Waals surface area contributed by atoms with Crippen molar-refractivity contribution < 1.29 is 4.79 Å². The first-order valence-electron chi connectivity index (χ1n) is 6.18. The minimum Gasteiger partial charge on any atom is -0.393 e. The van der Waals surface area contributed by atoms with Crippen molar-refractivity contribution in [3.05, 3.63) is 0 Å². The fourth-order valence-corrected chi connectivity index (χ4v) is 1.59. The molecular formula is C12H25N3OS. The Morgan fingerprint density at radius 1 is 1.41 bits per heavy atom. The highest BCUT2D eigenvalue weighted by atomic mass is 32.1. The van der Waals surface area contributed by atoms with Gasteiger partial charge in [0, 0.05) is 19.5 Å². The zero-order valence-electron chi connectivity index (χ0n) is 11.3. The topological polar surface area (TPSA) is 58.4 Å². The molecule has 0 radical (unpaired) electrons. The highest BCUT2D eigenvalue weighted by molar-refractivity contribution is 7.80. The van der Waals surface area contributed by atoms with Crippen molar-refractivity contribution in [1.82, 2.24) is 10.2 Å². The number of hydrogen-bond donors (Lipinski definition) is 2. The van der Waals surface area contributed by atoms with Crippen LogP contribution in [0.1, 0.15) is 34.1 Å². The minimum absolute atomic E-state index is 0.0727. The minimum atomic E-state index is -0.131. The van der Waals surface area contributed by atoms with Crippen LogP contribution in [0.2, 0.25) is 0 Å². The van der Waals surface area contributed by atoms with E-state index in [2.05, 4.69) is 24.1 Å². The van der Waals surface area contributed by atoms with Gasteiger partial charge in [-0.25, -0.2) is 0 Å². The van der Waals surface area contributed by atoms with Crippen molar-refractivity contribution in [2.75, 3.05) is 19.6 Å². The predicted octanol–water partition coefficient (Wildman–Crippen LogP) is 1.15. The lowest BCUT2D eigenvalue weighted by molar-refractivity contribution is -0.125. The maximum absolute atomic E-state index is 11.9. The van der Waals surface area contributed by atoms with Crippen LogP contribution < -0.4 is 11.1 Å². The van der Waals surface area contributed by atoms with Gasteiger partial charge in [0.25, 0.3) is 0 Å². The van der Waals surface area contributed by atoms with Crippen LogP contribution >= 0.6 is 12.2 Å². The molecule has 0 heterocycles. The molecular weight excluding hydrogens is 234 g/mol. The molecule has 0 aliphatic heterocycles. The summed E-state index contributed by atoms with van der Waals surface area (Å²) in [4.78, 5) is 14.5. The average Bonchev–Trinajstić information content (AvgIpc) is 2.25. The molecule has 0 aliphatic rings. The molecule has 1 atom stereocenters. The van der Waals surface area contributed by atoms with Gasteiger partial charge >= 0.3 is 0 Å². The number of nitrogens with two attached hydrogens (primary N) is 1. The second kappa shape index (κ2) is 8.42. The molecule has 17 heavy (non-hydrogen) atoms. The lowest BCUT2D eigenvalue weighted by Crippen LogP contribution is -2.46. The van der Waals surface area contributed by atoms with Crippen molar-refractivity contribution in [3.8, 4) is 0 Å². The summed E-state index contributed by atoms with van der Waals surface area (Å²) in [6.45, 7) is 10.4. The summed E-state index contributed by atoms with van der Waals surface area (Å²) < 4.78 is 0. The van der Waals surface area contributed by atoms with Crippen molar-refractivity contribution in [2.45, 2.75) is 40.2 Å². The molecule has 0 aromatic heterocycles. The van der Waals surface area contributed by atoms with E-state index in [1.54, 1.807) is 0 Å². The van der Waals surface area contributed by atoms with E-state index in [1.165, 1.54) is 0 Å². The van der Waals surface area contributed by atoms with Crippen LogP contribution in [0.25, 0.3) is 0 Å². The van der Waals surface area contributed by atoms with E-state index in [9.17, 15) is 4.79 Å². The van der Waals surface area contributed by atoms with E-state index in [-0.39, 0.29) is 11.9 Å². The van der Waals surface area contributed by atoms with Gasteiger partial charge in [-0.3, -0.25) is 9.69 Å². The fraction of sp³-hybridized carbons (Fsp3) is 0.833. The Kier molecular flexibility index (Phi) is 8.08. The first-order chi connectivity index (χ1) is 7.88. The Hall–Kier alpha value is -0.680. The number of likely N-dealkylation sites (N-methyl/N-ethyl adjacent to an activating group) is 1. The zero-order valence-corrected chi connectivity index (χ0v) is 12.1. The molecule has 5 heteroatoms. The van der Waals surface area contributed by atoms with Gasteiger partial charge in [0.2, 0.25) is 5.91 Å². The maximum Gasteiger partial charge on any atom is 0.237 e. The zero-order chi connectivity index (χ0) is 13.4. The first-order valence-corrected chi connectivity index (χ1v) is 6.59. The summed E-state index contributed by atoms with van der Waals surface area (Å²) in [5.41, 5.74) is 5.47. The summed E-state index contributed by atoms with van der Waals surface area (Å²) in [5.74, 6) is 0.543. The number of thiocarbonyl (C=S) groups is 1. The highest BCUT2D eigenvalue weighted by Crippen LogP contribution is 2.01. The largest absolute Gasteiger partial charge is 0.393 e. The third-order valence-electron chi connectivity index (χ3n) is 2.66. The van der Waals surface area contributed by atoms with Crippen LogP contribution in [-0.4, -0.2) is 41.5 Å². The molecule has 0 fully saturated rings. The molecule has 4 nitrogen and oxygen atoms in total. The van der Waals surface area contributed by atoms with Gasteiger partial charge in [-0.1, -0.05) is 33.0 Å². The third-order valence-corrected chi connectivity index (χ3v) is 2.87. The van der Waals surface area contributed by atoms with Crippen LogP contribution in [0, 0.1) is 5.92 Å². The van der Waals surface area contributed by atoms with E-state index < -0.39 is 0 Å². The Morgan fingerprint density at radius 3 is 2.41 bits per heavy atom. The molecule has 0 saturated carbocycles. The van der Waals surface area contributed by atoms with Gasteiger partial charge in [0.15, 0.2) is 0 Å². The van der Waals surface area contributed by atoms with Crippen LogP contribution in [0.4, 0.5) is 0 Å². The van der Waals surface area contributed by atoms with E-state index in [1.807, 2.05) is 13.8 Å². The maximum atomic E-state index is 11.9. The number of nitrogens with one attached hydrogen (secondary N) is 1. The third kappa shape index (κ3) is 7.28. The molecule has 0 spiro atoms. The molecule has 3 N–H and O–H groups in total. The predicted molar refractivity (Wildman–Crippen MR) is 76.0 cm³/mol. The number of hydrogen-bond acceptors (Lipinski definition) is 3. The van der Waals surface area contributed by atoms with Crippen LogP contribution in [-0.2, 0) is 4.79 Å². The molecule has 0 rings (SSSR count). The van der Waals surface area contributed by atoms with Gasteiger partial charge in [-0.05, 0) is 19.4 Å². The quantitative estimate of drug-likeness (QED) is 0.642. The smallest absolute Gasteiger partial charge is 0.237 e. The normalized spacial score (nSPS) is 12.8. The Bertz CT molecular complexity index is 256. The molecule has 0 bridgehead atoms. The van der Waals surface area contributed by atoms with Crippen LogP contribution in [0.5, 0.6) is 0 Å². The number of nitrogens with zero attached hydrogens (tertiary/aromatic N) is 1.